The Balaban J connectivity index is 2.55. The highest BCUT2D eigenvalue weighted by Crippen LogP contribution is 2.28. The quantitative estimate of drug-likeness (QED) is 0.844. The Morgan fingerprint density at radius 1 is 1.50 bits per heavy atom. The minimum Gasteiger partial charge on any atom is -0.482 e. The first kappa shape index (κ1) is 15.0. The Morgan fingerprint density at radius 2 is 2.22 bits per heavy atom. The van der Waals surface area contributed by atoms with Crippen LogP contribution in [0.1, 0.15) is 19.4 Å². The van der Waals surface area contributed by atoms with E-state index in [-0.39, 0.29) is 12.5 Å². The number of para-hydroxylation sites is 1. The Kier molecular flexibility index (Phi) is 6.15. The van der Waals surface area contributed by atoms with Crippen LogP contribution in [-0.2, 0) is 11.3 Å². The second-order valence-corrected chi connectivity index (χ2v) is 5.27. The van der Waals surface area contributed by atoms with Gasteiger partial charge in [0.05, 0.1) is 4.47 Å². The van der Waals surface area contributed by atoms with E-state index < -0.39 is 0 Å². The third-order valence-corrected chi connectivity index (χ3v) is 2.95. The molecule has 0 aliphatic carbocycles. The molecule has 0 fully saturated rings. The molecule has 1 aromatic carbocycles. The summed E-state index contributed by atoms with van der Waals surface area (Å²) in [4.78, 5) is 11.5. The molecule has 0 aliphatic heterocycles. The van der Waals surface area contributed by atoms with Crippen molar-refractivity contribution in [1.29, 1.82) is 0 Å². The van der Waals surface area contributed by atoms with Crippen molar-refractivity contribution in [3.8, 4) is 5.75 Å². The van der Waals surface area contributed by atoms with Crippen molar-refractivity contribution < 1.29 is 9.53 Å². The van der Waals surface area contributed by atoms with Crippen molar-refractivity contribution >= 4 is 21.8 Å². The fraction of sp³-hybridized carbons (Fsp3) is 0.462. The average molecular weight is 315 g/mol. The van der Waals surface area contributed by atoms with Gasteiger partial charge in [-0.3, -0.25) is 4.79 Å². The minimum atomic E-state index is -0.123. The first-order valence-electron chi connectivity index (χ1n) is 5.91. The molecule has 1 amide bonds. The molecule has 0 unspecified atom stereocenters. The van der Waals surface area contributed by atoms with Crippen LogP contribution in [0, 0.1) is 5.92 Å². The number of nitrogens with one attached hydrogen (secondary N) is 1. The van der Waals surface area contributed by atoms with E-state index in [1.54, 1.807) is 0 Å². The van der Waals surface area contributed by atoms with Gasteiger partial charge >= 0.3 is 0 Å². The third-order valence-electron chi connectivity index (χ3n) is 2.32. The highest BCUT2D eigenvalue weighted by Gasteiger charge is 2.09. The monoisotopic (exact) mass is 314 g/mol. The van der Waals surface area contributed by atoms with Crippen LogP contribution in [0.25, 0.3) is 0 Å². The maximum absolute atomic E-state index is 11.5. The van der Waals surface area contributed by atoms with Gasteiger partial charge in [-0.05, 0) is 27.9 Å². The van der Waals surface area contributed by atoms with Gasteiger partial charge in [-0.25, -0.2) is 0 Å². The second kappa shape index (κ2) is 7.38. The molecule has 0 atom stereocenters. The van der Waals surface area contributed by atoms with Crippen LogP contribution in [0.2, 0.25) is 0 Å². The molecular weight excluding hydrogens is 296 g/mol. The summed E-state index contributed by atoms with van der Waals surface area (Å²) < 4.78 is 6.32. The van der Waals surface area contributed by atoms with E-state index in [0.717, 1.165) is 10.0 Å². The number of hydrogen-bond acceptors (Lipinski definition) is 3. The largest absolute Gasteiger partial charge is 0.482 e. The van der Waals surface area contributed by atoms with Crippen LogP contribution in [0.4, 0.5) is 0 Å². The first-order valence-corrected chi connectivity index (χ1v) is 6.70. The lowest BCUT2D eigenvalue weighted by Crippen LogP contribution is -2.31. The molecule has 4 nitrogen and oxygen atoms in total. The summed E-state index contributed by atoms with van der Waals surface area (Å²) >= 11 is 3.39. The fourth-order valence-corrected chi connectivity index (χ4v) is 1.90. The van der Waals surface area contributed by atoms with Gasteiger partial charge in [0.15, 0.2) is 6.61 Å². The maximum atomic E-state index is 11.5. The summed E-state index contributed by atoms with van der Waals surface area (Å²) in [6, 6.07) is 5.63. The normalized spacial score (nSPS) is 10.5. The SMILES string of the molecule is CC(C)CNC(=O)COc1c(Br)cccc1CN. The molecule has 1 aromatic rings. The van der Waals surface area contributed by atoms with Crippen molar-refractivity contribution in [1.82, 2.24) is 5.32 Å². The number of hydrogen-bond donors (Lipinski definition) is 2. The molecule has 0 aromatic heterocycles. The van der Waals surface area contributed by atoms with E-state index in [0.29, 0.717) is 24.8 Å². The predicted octanol–water partition coefficient (Wildman–Crippen LogP) is 2.06. The van der Waals surface area contributed by atoms with Crippen molar-refractivity contribution in [2.45, 2.75) is 20.4 Å². The van der Waals surface area contributed by atoms with E-state index >= 15 is 0 Å². The standard InChI is InChI=1S/C13H19BrN2O2/c1-9(2)7-16-12(17)8-18-13-10(6-15)4-3-5-11(13)14/h3-5,9H,6-8,15H2,1-2H3,(H,16,17). The van der Waals surface area contributed by atoms with Crippen molar-refractivity contribution in [3.05, 3.63) is 28.2 Å². The van der Waals surface area contributed by atoms with Crippen molar-refractivity contribution in [2.24, 2.45) is 11.7 Å². The van der Waals surface area contributed by atoms with Crippen molar-refractivity contribution in [2.75, 3.05) is 13.2 Å². The van der Waals surface area contributed by atoms with Gasteiger partial charge in [0.1, 0.15) is 5.75 Å². The summed E-state index contributed by atoms with van der Waals surface area (Å²) in [6.45, 7) is 5.12. The summed E-state index contributed by atoms with van der Waals surface area (Å²) in [6.07, 6.45) is 0. The van der Waals surface area contributed by atoms with Crippen LogP contribution in [0.5, 0.6) is 5.75 Å². The zero-order valence-corrected chi connectivity index (χ0v) is 12.3. The molecule has 0 bridgehead atoms. The number of rotatable bonds is 6. The maximum Gasteiger partial charge on any atom is 0.257 e. The van der Waals surface area contributed by atoms with E-state index in [4.69, 9.17) is 10.5 Å². The van der Waals surface area contributed by atoms with Gasteiger partial charge < -0.3 is 15.8 Å². The molecule has 100 valence electrons. The van der Waals surface area contributed by atoms with Gasteiger partial charge in [-0.1, -0.05) is 26.0 Å². The Hall–Kier alpha value is -1.07. The van der Waals surface area contributed by atoms with Crippen LogP contribution >= 0.6 is 15.9 Å². The van der Waals surface area contributed by atoms with Gasteiger partial charge in [0.25, 0.3) is 5.91 Å². The van der Waals surface area contributed by atoms with Gasteiger partial charge in [-0.15, -0.1) is 0 Å². The van der Waals surface area contributed by atoms with Gasteiger partial charge in [-0.2, -0.15) is 0 Å². The zero-order chi connectivity index (χ0) is 13.5. The number of ether oxygens (including phenoxy) is 1. The number of carbonyl (C=O) groups is 1. The van der Waals surface area contributed by atoms with Gasteiger partial charge in [0.2, 0.25) is 0 Å². The molecule has 0 saturated carbocycles. The lowest BCUT2D eigenvalue weighted by molar-refractivity contribution is -0.123. The molecule has 0 radical (unpaired) electrons. The van der Waals surface area contributed by atoms with E-state index in [2.05, 4.69) is 21.2 Å². The van der Waals surface area contributed by atoms with Crippen LogP contribution < -0.4 is 15.8 Å². The zero-order valence-electron chi connectivity index (χ0n) is 10.7. The Labute approximate surface area is 116 Å². The lowest BCUT2D eigenvalue weighted by Gasteiger charge is -2.13. The number of nitrogens with two attached hydrogens (primary N) is 1. The Morgan fingerprint density at radius 3 is 2.83 bits per heavy atom. The van der Waals surface area contributed by atoms with Crippen molar-refractivity contribution in [3.63, 3.8) is 0 Å². The minimum absolute atomic E-state index is 0.00231. The molecule has 0 spiro atoms. The molecule has 1 rings (SSSR count). The van der Waals surface area contributed by atoms with Crippen LogP contribution in [0.3, 0.4) is 0 Å². The molecule has 0 aliphatic rings. The van der Waals surface area contributed by atoms with Crippen LogP contribution in [-0.4, -0.2) is 19.1 Å². The first-order chi connectivity index (χ1) is 8.54. The van der Waals surface area contributed by atoms with E-state index in [1.807, 2.05) is 32.0 Å². The highest BCUT2D eigenvalue weighted by atomic mass is 79.9. The topological polar surface area (TPSA) is 64.3 Å². The number of amides is 1. The van der Waals surface area contributed by atoms with Crippen LogP contribution in [0.15, 0.2) is 22.7 Å². The average Bonchev–Trinajstić information content (AvgIpc) is 2.34. The molecule has 18 heavy (non-hydrogen) atoms. The predicted molar refractivity (Wildman–Crippen MR) is 75.4 cm³/mol. The van der Waals surface area contributed by atoms with Gasteiger partial charge in [0, 0.05) is 18.7 Å². The van der Waals surface area contributed by atoms with E-state index in [1.165, 1.54) is 0 Å². The highest BCUT2D eigenvalue weighted by molar-refractivity contribution is 9.10. The number of halogens is 1. The van der Waals surface area contributed by atoms with E-state index in [9.17, 15) is 4.79 Å². The molecular formula is C13H19BrN2O2. The molecule has 3 N–H and O–H groups in total. The smallest absolute Gasteiger partial charge is 0.257 e. The molecule has 5 heteroatoms. The second-order valence-electron chi connectivity index (χ2n) is 4.42. The molecule has 0 saturated heterocycles. The summed E-state index contributed by atoms with van der Waals surface area (Å²) in [5.41, 5.74) is 6.50. The third kappa shape index (κ3) is 4.66. The fourth-order valence-electron chi connectivity index (χ4n) is 1.38. The number of benzene rings is 1. The Bertz CT molecular complexity index is 408. The summed E-state index contributed by atoms with van der Waals surface area (Å²) in [7, 11) is 0. The summed E-state index contributed by atoms with van der Waals surface area (Å²) in [5, 5.41) is 2.80. The number of carbonyl (C=O) groups excluding carboxylic acids is 1. The molecule has 0 heterocycles. The summed E-state index contributed by atoms with van der Waals surface area (Å²) in [5.74, 6) is 0.944. The lowest BCUT2D eigenvalue weighted by atomic mass is 10.2.